The van der Waals surface area contributed by atoms with Gasteiger partial charge < -0.3 is 19.3 Å². The molecule has 0 aliphatic carbocycles. The normalized spacial score (nSPS) is 15.0. The molecule has 2 aliphatic rings. The minimum absolute atomic E-state index is 0.168. The van der Waals surface area contributed by atoms with Gasteiger partial charge in [0.1, 0.15) is 11.5 Å². The first kappa shape index (κ1) is 21.6. The summed E-state index contributed by atoms with van der Waals surface area (Å²) < 4.78 is 12.3. The van der Waals surface area contributed by atoms with E-state index in [0.29, 0.717) is 13.5 Å². The molecular weight excluding hydrogens is 432 g/mol. The molecule has 4 aromatic rings. The number of fused-ring (bicyclic) bond motifs is 2. The molecule has 4 aromatic carbocycles. The predicted molar refractivity (Wildman–Crippen MR) is 141 cm³/mol. The van der Waals surface area contributed by atoms with Gasteiger partial charge >= 0.3 is 0 Å². The molecule has 0 bridgehead atoms. The number of benzene rings is 4. The summed E-state index contributed by atoms with van der Waals surface area (Å²) in [6, 6.07) is 34.2. The van der Waals surface area contributed by atoms with Gasteiger partial charge in [-0.25, -0.2) is 0 Å². The fraction of sp³-hybridized carbons (Fsp3) is 0.226. The number of para-hydroxylation sites is 2. The van der Waals surface area contributed by atoms with E-state index in [-0.39, 0.29) is 5.41 Å². The summed E-state index contributed by atoms with van der Waals surface area (Å²) in [7, 11) is 0. The van der Waals surface area contributed by atoms with E-state index in [9.17, 15) is 0 Å². The quantitative estimate of drug-likeness (QED) is 0.336. The highest BCUT2D eigenvalue weighted by atomic mass is 16.5. The zero-order valence-electron chi connectivity index (χ0n) is 20.3. The van der Waals surface area contributed by atoms with E-state index in [0.717, 1.165) is 24.6 Å². The SMILES string of the molecule is CC(C)(c1ccc2c(c1)CN(c1ccccc1)CO2)c1ccc2c(c1)OCN(c1ccccc1)C2. The predicted octanol–water partition coefficient (Wildman–Crippen LogP) is 6.73. The molecule has 2 aliphatic heterocycles. The highest BCUT2D eigenvalue weighted by molar-refractivity contribution is 5.54. The van der Waals surface area contributed by atoms with Crippen molar-refractivity contribution in [3.63, 3.8) is 0 Å². The van der Waals surface area contributed by atoms with Crippen LogP contribution in [0.25, 0.3) is 0 Å². The number of nitrogens with zero attached hydrogens (tertiary/aromatic N) is 2. The van der Waals surface area contributed by atoms with Crippen molar-refractivity contribution in [3.8, 4) is 11.5 Å². The Bertz CT molecular complexity index is 1330. The maximum atomic E-state index is 6.22. The molecule has 0 radical (unpaired) electrons. The van der Waals surface area contributed by atoms with E-state index in [1.165, 1.54) is 33.6 Å². The first-order chi connectivity index (χ1) is 17.1. The Kier molecular flexibility index (Phi) is 5.37. The summed E-state index contributed by atoms with van der Waals surface area (Å²) in [4.78, 5) is 4.53. The van der Waals surface area contributed by atoms with Gasteiger partial charge in [-0.1, -0.05) is 68.4 Å². The molecule has 0 amide bonds. The van der Waals surface area contributed by atoms with Gasteiger partial charge in [0.15, 0.2) is 13.5 Å². The smallest absolute Gasteiger partial charge is 0.161 e. The van der Waals surface area contributed by atoms with Crippen LogP contribution in [0.1, 0.15) is 36.1 Å². The second-order valence-corrected chi connectivity index (χ2v) is 9.88. The molecule has 4 nitrogen and oxygen atoms in total. The number of anilines is 2. The van der Waals surface area contributed by atoms with Crippen LogP contribution in [0.5, 0.6) is 11.5 Å². The summed E-state index contributed by atoms with van der Waals surface area (Å²) in [5.74, 6) is 1.96. The summed E-state index contributed by atoms with van der Waals surface area (Å²) in [6.45, 7) is 7.40. The maximum Gasteiger partial charge on any atom is 0.161 e. The zero-order chi connectivity index (χ0) is 23.8. The summed E-state index contributed by atoms with van der Waals surface area (Å²) in [5.41, 5.74) is 7.16. The van der Waals surface area contributed by atoms with Crippen molar-refractivity contribution in [2.45, 2.75) is 32.4 Å². The lowest BCUT2D eigenvalue weighted by Crippen LogP contribution is -2.32. The summed E-state index contributed by atoms with van der Waals surface area (Å²) in [6.07, 6.45) is 0. The Balaban J connectivity index is 1.25. The highest BCUT2D eigenvalue weighted by Crippen LogP contribution is 2.39. The minimum Gasteiger partial charge on any atom is -0.473 e. The fourth-order valence-electron chi connectivity index (χ4n) is 5.01. The lowest BCUT2D eigenvalue weighted by Gasteiger charge is -2.34. The fourth-order valence-corrected chi connectivity index (χ4v) is 5.01. The maximum absolute atomic E-state index is 6.22. The molecule has 0 unspecified atom stereocenters. The van der Waals surface area contributed by atoms with Crippen molar-refractivity contribution in [1.29, 1.82) is 0 Å². The van der Waals surface area contributed by atoms with E-state index in [1.807, 2.05) is 12.1 Å². The van der Waals surface area contributed by atoms with Crippen molar-refractivity contribution >= 4 is 11.4 Å². The van der Waals surface area contributed by atoms with Crippen LogP contribution in [0.15, 0.2) is 97.1 Å². The molecule has 0 fully saturated rings. The van der Waals surface area contributed by atoms with E-state index in [1.54, 1.807) is 0 Å². The lowest BCUT2D eigenvalue weighted by molar-refractivity contribution is 0.288. The molecule has 4 heteroatoms. The van der Waals surface area contributed by atoms with Gasteiger partial charge in [0.2, 0.25) is 0 Å². The third kappa shape index (κ3) is 4.10. The Hall–Kier alpha value is -3.92. The number of rotatable bonds is 4. The Morgan fingerprint density at radius 2 is 1.11 bits per heavy atom. The third-order valence-electron chi connectivity index (χ3n) is 7.29. The molecule has 0 N–H and O–H groups in total. The second kappa shape index (κ2) is 8.70. The van der Waals surface area contributed by atoms with Crippen LogP contribution >= 0.6 is 0 Å². The van der Waals surface area contributed by atoms with Gasteiger partial charge in [0.05, 0.1) is 0 Å². The van der Waals surface area contributed by atoms with E-state index in [2.05, 4.69) is 109 Å². The third-order valence-corrected chi connectivity index (χ3v) is 7.29. The number of hydrogen-bond donors (Lipinski definition) is 0. The largest absolute Gasteiger partial charge is 0.473 e. The number of hydrogen-bond acceptors (Lipinski definition) is 4. The van der Waals surface area contributed by atoms with Gasteiger partial charge in [-0.3, -0.25) is 0 Å². The first-order valence-electron chi connectivity index (χ1n) is 12.2. The lowest BCUT2D eigenvalue weighted by atomic mass is 9.77. The van der Waals surface area contributed by atoms with E-state index >= 15 is 0 Å². The molecule has 2 heterocycles. The standard InChI is InChI=1S/C31H30N2O2/c1-31(2,25-15-16-29-24(17-25)20-33(21-34-29)28-11-7-4-8-12-28)26-14-13-23-19-32(22-35-30(23)18-26)27-9-5-3-6-10-27/h3-18H,19-22H2,1-2H3. The average molecular weight is 463 g/mol. The minimum atomic E-state index is -0.168. The molecule has 35 heavy (non-hydrogen) atoms. The van der Waals surface area contributed by atoms with Gasteiger partial charge in [-0.05, 0) is 53.6 Å². The van der Waals surface area contributed by atoms with Crippen LogP contribution in [0.3, 0.4) is 0 Å². The number of ether oxygens (including phenoxy) is 2. The molecular formula is C31H30N2O2. The second-order valence-electron chi connectivity index (χ2n) is 9.88. The molecule has 176 valence electrons. The molecule has 0 saturated heterocycles. The Labute approximate surface area is 207 Å². The Morgan fingerprint density at radius 1 is 0.571 bits per heavy atom. The van der Waals surface area contributed by atoms with Crippen LogP contribution in [-0.4, -0.2) is 13.5 Å². The van der Waals surface area contributed by atoms with Crippen LogP contribution in [0, 0.1) is 0 Å². The molecule has 0 spiro atoms. The van der Waals surface area contributed by atoms with Crippen molar-refractivity contribution in [1.82, 2.24) is 0 Å². The monoisotopic (exact) mass is 462 g/mol. The van der Waals surface area contributed by atoms with E-state index < -0.39 is 0 Å². The van der Waals surface area contributed by atoms with Crippen molar-refractivity contribution in [2.24, 2.45) is 0 Å². The van der Waals surface area contributed by atoms with Crippen LogP contribution in [-0.2, 0) is 18.5 Å². The Morgan fingerprint density at radius 3 is 1.77 bits per heavy atom. The van der Waals surface area contributed by atoms with Crippen LogP contribution < -0.4 is 19.3 Å². The van der Waals surface area contributed by atoms with Crippen molar-refractivity contribution in [2.75, 3.05) is 23.3 Å². The molecule has 0 saturated carbocycles. The highest BCUT2D eigenvalue weighted by Gasteiger charge is 2.28. The van der Waals surface area contributed by atoms with Crippen LogP contribution in [0.4, 0.5) is 11.4 Å². The van der Waals surface area contributed by atoms with Gasteiger partial charge in [0.25, 0.3) is 0 Å². The molecule has 0 atom stereocenters. The van der Waals surface area contributed by atoms with Crippen LogP contribution in [0.2, 0.25) is 0 Å². The molecule has 0 aromatic heterocycles. The molecule has 6 rings (SSSR count). The first-order valence-corrected chi connectivity index (χ1v) is 12.2. The van der Waals surface area contributed by atoms with Gasteiger partial charge in [-0.15, -0.1) is 0 Å². The topological polar surface area (TPSA) is 24.9 Å². The average Bonchev–Trinajstić information content (AvgIpc) is 2.92. The summed E-state index contributed by atoms with van der Waals surface area (Å²) >= 11 is 0. The van der Waals surface area contributed by atoms with E-state index in [4.69, 9.17) is 9.47 Å². The van der Waals surface area contributed by atoms with Crippen molar-refractivity contribution in [3.05, 3.63) is 119 Å². The summed E-state index contributed by atoms with van der Waals surface area (Å²) in [5, 5.41) is 0. The zero-order valence-corrected chi connectivity index (χ0v) is 20.3. The van der Waals surface area contributed by atoms with Gasteiger partial charge in [-0.2, -0.15) is 0 Å². The van der Waals surface area contributed by atoms with Gasteiger partial charge in [0, 0.05) is 41.0 Å². The van der Waals surface area contributed by atoms with Crippen molar-refractivity contribution < 1.29 is 9.47 Å².